The van der Waals surface area contributed by atoms with Gasteiger partial charge < -0.3 is 35.8 Å². The predicted octanol–water partition coefficient (Wildman–Crippen LogP) is 1.37. The molecule has 202 valence electrons. The molecular formula is C29H28N2O8. The van der Waals surface area contributed by atoms with Crippen LogP contribution in [0.1, 0.15) is 23.5 Å². The third-order valence-electron chi connectivity index (χ3n) is 8.83. The number of hydrogen-bond acceptors (Lipinski definition) is 9. The van der Waals surface area contributed by atoms with Gasteiger partial charge in [-0.1, -0.05) is 12.1 Å². The second-order valence-corrected chi connectivity index (χ2v) is 10.9. The van der Waals surface area contributed by atoms with E-state index in [1.165, 1.54) is 6.07 Å². The number of methoxy groups -OCH3 is 1. The molecule has 10 nitrogen and oxygen atoms in total. The van der Waals surface area contributed by atoms with Crippen molar-refractivity contribution >= 4 is 44.8 Å². The third kappa shape index (κ3) is 3.10. The summed E-state index contributed by atoms with van der Waals surface area (Å²) in [6, 6.07) is 9.55. The topological polar surface area (TPSA) is 171 Å². The minimum atomic E-state index is -2.71. The number of carbonyl (C=O) groups is 3. The Morgan fingerprint density at radius 3 is 2.44 bits per heavy atom. The van der Waals surface area contributed by atoms with Crippen molar-refractivity contribution in [3.8, 4) is 11.5 Å². The van der Waals surface area contributed by atoms with E-state index in [2.05, 4.69) is 0 Å². The highest BCUT2D eigenvalue weighted by atomic mass is 16.5. The summed E-state index contributed by atoms with van der Waals surface area (Å²) in [6.07, 6.45) is -1.55. The lowest BCUT2D eigenvalue weighted by molar-refractivity contribution is -0.183. The van der Waals surface area contributed by atoms with Crippen LogP contribution in [0.2, 0.25) is 0 Å². The zero-order valence-electron chi connectivity index (χ0n) is 21.5. The SMILES string of the molecule is COc1ccc2c(c1)cc1c3c(c(O)ccc32)C(O)=C2C(=O)[C@@]3(O)C(=O)C(C(N)=O)C(O)[C@H](N(C)C)[C@H]3C[C@H]21. The fourth-order valence-electron chi connectivity index (χ4n) is 7.14. The maximum absolute atomic E-state index is 14.1. The van der Waals surface area contributed by atoms with E-state index in [1.54, 1.807) is 38.2 Å². The number of hydrogen-bond donors (Lipinski definition) is 5. The number of amides is 1. The first-order valence-electron chi connectivity index (χ1n) is 12.6. The van der Waals surface area contributed by atoms with Gasteiger partial charge in [0.05, 0.1) is 18.8 Å². The number of aliphatic hydroxyl groups is 3. The summed E-state index contributed by atoms with van der Waals surface area (Å²) in [5, 5.41) is 48.1. The molecule has 3 aromatic carbocycles. The van der Waals surface area contributed by atoms with Crippen molar-refractivity contribution < 1.29 is 39.5 Å². The molecule has 6 N–H and O–H groups in total. The summed E-state index contributed by atoms with van der Waals surface area (Å²) < 4.78 is 5.40. The van der Waals surface area contributed by atoms with Crippen LogP contribution >= 0.6 is 0 Å². The molecule has 0 bridgehead atoms. The molecule has 3 aromatic rings. The largest absolute Gasteiger partial charge is 0.507 e. The molecule has 3 aliphatic rings. The van der Waals surface area contributed by atoms with E-state index in [0.29, 0.717) is 16.7 Å². The molecule has 3 aliphatic carbocycles. The van der Waals surface area contributed by atoms with Crippen molar-refractivity contribution in [3.63, 3.8) is 0 Å². The fraction of sp³-hybridized carbons (Fsp3) is 0.345. The van der Waals surface area contributed by atoms with Gasteiger partial charge in [-0.3, -0.25) is 14.4 Å². The molecule has 39 heavy (non-hydrogen) atoms. The monoisotopic (exact) mass is 532 g/mol. The van der Waals surface area contributed by atoms with Crippen LogP contribution in [0.4, 0.5) is 0 Å². The van der Waals surface area contributed by atoms with E-state index in [-0.39, 0.29) is 23.3 Å². The van der Waals surface area contributed by atoms with Gasteiger partial charge in [0, 0.05) is 28.8 Å². The number of Topliss-reactive ketones (excluding diaryl/α,β-unsaturated/α-hetero) is 2. The molecule has 0 heterocycles. The molecule has 2 unspecified atom stereocenters. The van der Waals surface area contributed by atoms with Crippen LogP contribution in [0.3, 0.4) is 0 Å². The predicted molar refractivity (Wildman–Crippen MR) is 141 cm³/mol. The van der Waals surface area contributed by atoms with Crippen LogP contribution in [0.5, 0.6) is 11.5 Å². The van der Waals surface area contributed by atoms with Crippen molar-refractivity contribution in [3.05, 3.63) is 53.1 Å². The number of ether oxygens (including phenoxy) is 1. The number of phenolic OH excluding ortho intramolecular Hbond substituents is 1. The normalized spacial score (nSPS) is 30.1. The molecule has 10 heteroatoms. The number of carbonyl (C=O) groups excluding carboxylic acids is 3. The Bertz CT molecular complexity index is 1660. The Morgan fingerprint density at radius 2 is 1.79 bits per heavy atom. The summed E-state index contributed by atoms with van der Waals surface area (Å²) in [5.41, 5.74) is 3.15. The van der Waals surface area contributed by atoms with Crippen molar-refractivity contribution in [2.24, 2.45) is 17.6 Å². The minimum Gasteiger partial charge on any atom is -0.507 e. The van der Waals surface area contributed by atoms with Crippen LogP contribution in [0.15, 0.2) is 42.0 Å². The Labute approximate surface area is 222 Å². The van der Waals surface area contributed by atoms with Crippen molar-refractivity contribution in [1.82, 2.24) is 4.90 Å². The van der Waals surface area contributed by atoms with Crippen molar-refractivity contribution in [2.75, 3.05) is 21.2 Å². The second-order valence-electron chi connectivity index (χ2n) is 10.9. The summed E-state index contributed by atoms with van der Waals surface area (Å²) >= 11 is 0. The average molecular weight is 533 g/mol. The third-order valence-corrected chi connectivity index (χ3v) is 8.83. The minimum absolute atomic E-state index is 0.00155. The van der Waals surface area contributed by atoms with Gasteiger partial charge in [-0.2, -0.15) is 0 Å². The molecule has 0 saturated heterocycles. The number of rotatable bonds is 3. The van der Waals surface area contributed by atoms with Crippen LogP contribution in [0.25, 0.3) is 27.3 Å². The van der Waals surface area contributed by atoms with Crippen LogP contribution in [-0.2, 0) is 14.4 Å². The maximum atomic E-state index is 14.1. The van der Waals surface area contributed by atoms with Crippen LogP contribution in [0, 0.1) is 11.8 Å². The smallest absolute Gasteiger partial charge is 0.230 e. The molecule has 6 atom stereocenters. The number of nitrogens with two attached hydrogens (primary N) is 1. The number of benzene rings is 3. The highest BCUT2D eigenvalue weighted by Crippen LogP contribution is 2.56. The van der Waals surface area contributed by atoms with E-state index in [9.17, 15) is 34.8 Å². The van der Waals surface area contributed by atoms with E-state index in [4.69, 9.17) is 10.5 Å². The first-order valence-corrected chi connectivity index (χ1v) is 12.6. The van der Waals surface area contributed by atoms with E-state index in [0.717, 1.165) is 16.2 Å². The number of aliphatic hydroxyl groups excluding tert-OH is 2. The molecule has 2 fully saturated rings. The Morgan fingerprint density at radius 1 is 1.10 bits per heavy atom. The molecule has 6 rings (SSSR count). The molecule has 2 saturated carbocycles. The molecule has 0 aliphatic heterocycles. The van der Waals surface area contributed by atoms with Gasteiger partial charge >= 0.3 is 0 Å². The summed E-state index contributed by atoms with van der Waals surface area (Å²) in [7, 11) is 4.78. The van der Waals surface area contributed by atoms with Crippen LogP contribution in [-0.4, -0.2) is 81.8 Å². The number of primary amides is 1. The highest BCUT2D eigenvalue weighted by molar-refractivity contribution is 6.27. The maximum Gasteiger partial charge on any atom is 0.230 e. The Hall–Kier alpha value is -3.99. The zero-order valence-corrected chi connectivity index (χ0v) is 21.5. The van der Waals surface area contributed by atoms with Crippen molar-refractivity contribution in [2.45, 2.75) is 30.1 Å². The lowest BCUT2D eigenvalue weighted by Crippen LogP contribution is -2.73. The quantitative estimate of drug-likeness (QED) is 0.247. The molecule has 1 amide bonds. The number of aromatic hydroxyl groups is 1. The van der Waals surface area contributed by atoms with Gasteiger partial charge in [0.2, 0.25) is 11.7 Å². The average Bonchev–Trinajstić information content (AvgIpc) is 2.88. The summed E-state index contributed by atoms with van der Waals surface area (Å²) in [4.78, 5) is 41.4. The van der Waals surface area contributed by atoms with Crippen molar-refractivity contribution in [1.29, 1.82) is 0 Å². The molecular weight excluding hydrogens is 504 g/mol. The van der Waals surface area contributed by atoms with E-state index in [1.807, 2.05) is 18.2 Å². The zero-order chi connectivity index (χ0) is 28.1. The Kier molecular flexibility index (Phi) is 5.35. The number of fused-ring (bicyclic) bond motifs is 5. The van der Waals surface area contributed by atoms with Gasteiger partial charge in [-0.05, 0) is 66.5 Å². The number of nitrogens with zero attached hydrogens (tertiary/aromatic N) is 1. The van der Waals surface area contributed by atoms with Gasteiger partial charge in [-0.25, -0.2) is 0 Å². The number of phenols is 1. The molecule has 0 spiro atoms. The fourth-order valence-corrected chi connectivity index (χ4v) is 7.14. The first kappa shape index (κ1) is 25.3. The second kappa shape index (κ2) is 8.25. The van der Waals surface area contributed by atoms with Gasteiger partial charge in [0.1, 0.15) is 23.2 Å². The number of likely N-dealkylation sites (N-methyl/N-ethyl adjacent to an activating group) is 1. The molecule has 0 radical (unpaired) electrons. The standard InChI is InChI=1S/C29H28N2O8/c1-31(2)23-17-10-16-15-9-11-8-12(39-3)4-5-13(11)14-6-7-18(32)21(19(14)15)24(33)20(16)26(35)29(17,38)27(36)22(25(23)34)28(30)37/h4-9,16-17,22-23,25,32-34,38H,10H2,1-3H3,(H2,30,37)/t16-,17+,22?,23+,25?,29+/m0/s1. The first-order chi connectivity index (χ1) is 18.4. The highest BCUT2D eigenvalue weighted by Gasteiger charge is 2.67. The van der Waals surface area contributed by atoms with Crippen LogP contribution < -0.4 is 10.5 Å². The van der Waals surface area contributed by atoms with E-state index < -0.39 is 58.7 Å². The summed E-state index contributed by atoms with van der Waals surface area (Å²) in [5.74, 6) is -7.30. The van der Waals surface area contributed by atoms with Gasteiger partial charge in [0.15, 0.2) is 11.4 Å². The molecule has 0 aromatic heterocycles. The lowest BCUT2D eigenvalue weighted by Gasteiger charge is -2.53. The van der Waals surface area contributed by atoms with Gasteiger partial charge in [-0.15, -0.1) is 0 Å². The number of ketones is 2. The Balaban J connectivity index is 1.67. The summed E-state index contributed by atoms with van der Waals surface area (Å²) in [6.45, 7) is 0. The van der Waals surface area contributed by atoms with Gasteiger partial charge in [0.25, 0.3) is 0 Å². The van der Waals surface area contributed by atoms with E-state index >= 15 is 0 Å². The lowest BCUT2D eigenvalue weighted by atomic mass is 9.54.